The summed E-state index contributed by atoms with van der Waals surface area (Å²) in [5.41, 5.74) is 2.63. The fourth-order valence-electron chi connectivity index (χ4n) is 1.93. The molecule has 100 valence electrons. The Kier molecular flexibility index (Phi) is 4.00. The summed E-state index contributed by atoms with van der Waals surface area (Å²) in [6.45, 7) is 5.85. The van der Waals surface area contributed by atoms with Gasteiger partial charge in [-0.05, 0) is 25.8 Å². The molecule has 0 aliphatic carbocycles. The molecular weight excluding hydrogens is 240 g/mol. The number of hydrogen-bond acceptors (Lipinski definition) is 3. The van der Waals surface area contributed by atoms with E-state index < -0.39 is 0 Å². The fraction of sp³-hybridized carbons (Fsp3) is 0.333. The Morgan fingerprint density at radius 1 is 1.32 bits per heavy atom. The number of carbonyl (C=O) groups excluding carboxylic acids is 1. The first-order valence-electron chi connectivity index (χ1n) is 6.41. The van der Waals surface area contributed by atoms with Gasteiger partial charge in [-0.1, -0.05) is 41.9 Å². The van der Waals surface area contributed by atoms with Crippen LogP contribution in [0.4, 0.5) is 0 Å². The van der Waals surface area contributed by atoms with Crippen LogP contribution in [0.1, 0.15) is 46.8 Å². The molecule has 1 atom stereocenters. The van der Waals surface area contributed by atoms with Gasteiger partial charge in [0.1, 0.15) is 5.76 Å². The van der Waals surface area contributed by atoms with Gasteiger partial charge >= 0.3 is 0 Å². The highest BCUT2D eigenvalue weighted by Gasteiger charge is 2.16. The highest BCUT2D eigenvalue weighted by Crippen LogP contribution is 2.17. The molecule has 1 aromatic heterocycles. The standard InChI is InChI=1S/C15H18N2O2/c1-4-13(12-7-5-10(2)6-8-12)16-15(18)14-9-11(3)19-17-14/h5-9,13H,4H2,1-3H3,(H,16,18)/t13-/m1/s1. The Morgan fingerprint density at radius 3 is 2.53 bits per heavy atom. The van der Waals surface area contributed by atoms with Gasteiger partial charge in [-0.15, -0.1) is 0 Å². The van der Waals surface area contributed by atoms with Crippen molar-refractivity contribution in [1.82, 2.24) is 10.5 Å². The Hall–Kier alpha value is -2.10. The van der Waals surface area contributed by atoms with E-state index in [2.05, 4.69) is 10.5 Å². The van der Waals surface area contributed by atoms with Crippen molar-refractivity contribution in [1.29, 1.82) is 0 Å². The maximum Gasteiger partial charge on any atom is 0.273 e. The third-order valence-electron chi connectivity index (χ3n) is 3.05. The molecule has 2 aromatic rings. The first-order valence-corrected chi connectivity index (χ1v) is 6.41. The van der Waals surface area contributed by atoms with Crippen molar-refractivity contribution in [2.45, 2.75) is 33.2 Å². The fourth-order valence-corrected chi connectivity index (χ4v) is 1.93. The second kappa shape index (κ2) is 5.69. The lowest BCUT2D eigenvalue weighted by atomic mass is 10.0. The van der Waals surface area contributed by atoms with Crippen LogP contribution in [0.3, 0.4) is 0 Å². The summed E-state index contributed by atoms with van der Waals surface area (Å²) in [4.78, 5) is 12.0. The van der Waals surface area contributed by atoms with Gasteiger partial charge in [-0.3, -0.25) is 4.79 Å². The van der Waals surface area contributed by atoms with Crippen molar-refractivity contribution in [3.8, 4) is 0 Å². The summed E-state index contributed by atoms with van der Waals surface area (Å²) in [6.07, 6.45) is 0.825. The summed E-state index contributed by atoms with van der Waals surface area (Å²) < 4.78 is 4.91. The molecular formula is C15H18N2O2. The minimum atomic E-state index is -0.204. The molecule has 4 heteroatoms. The predicted octanol–water partition coefficient (Wildman–Crippen LogP) is 3.17. The predicted molar refractivity (Wildman–Crippen MR) is 72.9 cm³/mol. The number of nitrogens with zero attached hydrogens (tertiary/aromatic N) is 1. The molecule has 4 nitrogen and oxygen atoms in total. The first-order chi connectivity index (χ1) is 9.10. The normalized spacial score (nSPS) is 12.2. The maximum absolute atomic E-state index is 12.0. The number of aryl methyl sites for hydroxylation is 2. The first kappa shape index (κ1) is 13.3. The van der Waals surface area contributed by atoms with E-state index in [1.54, 1.807) is 13.0 Å². The Bertz CT molecular complexity index is 558. The molecule has 0 aliphatic heterocycles. The third kappa shape index (κ3) is 3.22. The van der Waals surface area contributed by atoms with Crippen molar-refractivity contribution in [2.24, 2.45) is 0 Å². The molecule has 1 heterocycles. The van der Waals surface area contributed by atoms with Crippen molar-refractivity contribution < 1.29 is 9.32 Å². The molecule has 0 fully saturated rings. The second-order valence-electron chi connectivity index (χ2n) is 4.67. The molecule has 19 heavy (non-hydrogen) atoms. The Balaban J connectivity index is 2.11. The number of aromatic nitrogens is 1. The molecule has 0 saturated heterocycles. The number of amides is 1. The number of carbonyl (C=O) groups is 1. The number of benzene rings is 1. The van der Waals surface area contributed by atoms with Gasteiger partial charge in [0, 0.05) is 6.07 Å². The minimum absolute atomic E-state index is 0.00916. The molecule has 0 unspecified atom stereocenters. The van der Waals surface area contributed by atoms with Crippen LogP contribution in [-0.2, 0) is 0 Å². The van der Waals surface area contributed by atoms with Crippen LogP contribution in [0.5, 0.6) is 0 Å². The lowest BCUT2D eigenvalue weighted by Gasteiger charge is -2.16. The summed E-state index contributed by atoms with van der Waals surface area (Å²) in [5.74, 6) is 0.429. The zero-order chi connectivity index (χ0) is 13.8. The monoisotopic (exact) mass is 258 g/mol. The largest absolute Gasteiger partial charge is 0.361 e. The van der Waals surface area contributed by atoms with E-state index >= 15 is 0 Å². The van der Waals surface area contributed by atoms with Gasteiger partial charge in [0.2, 0.25) is 0 Å². The van der Waals surface area contributed by atoms with Crippen molar-refractivity contribution >= 4 is 5.91 Å². The maximum atomic E-state index is 12.0. The van der Waals surface area contributed by atoms with Crippen LogP contribution in [-0.4, -0.2) is 11.1 Å². The van der Waals surface area contributed by atoms with Crippen LogP contribution >= 0.6 is 0 Å². The van der Waals surface area contributed by atoms with Gasteiger partial charge in [-0.2, -0.15) is 0 Å². The second-order valence-corrected chi connectivity index (χ2v) is 4.67. The van der Waals surface area contributed by atoms with Gasteiger partial charge in [0.05, 0.1) is 6.04 Å². The zero-order valence-electron chi connectivity index (χ0n) is 11.4. The van der Waals surface area contributed by atoms with E-state index in [0.29, 0.717) is 11.5 Å². The summed E-state index contributed by atoms with van der Waals surface area (Å²) in [5, 5.41) is 6.69. The van der Waals surface area contributed by atoms with E-state index in [0.717, 1.165) is 12.0 Å². The van der Waals surface area contributed by atoms with E-state index in [-0.39, 0.29) is 11.9 Å². The van der Waals surface area contributed by atoms with Gasteiger partial charge < -0.3 is 9.84 Å². The van der Waals surface area contributed by atoms with Crippen molar-refractivity contribution in [3.05, 3.63) is 52.9 Å². The highest BCUT2D eigenvalue weighted by atomic mass is 16.5. The van der Waals surface area contributed by atoms with E-state index in [4.69, 9.17) is 4.52 Å². The molecule has 1 N–H and O–H groups in total. The van der Waals surface area contributed by atoms with Gasteiger partial charge in [0.25, 0.3) is 5.91 Å². The molecule has 0 bridgehead atoms. The lowest BCUT2D eigenvalue weighted by Crippen LogP contribution is -2.28. The quantitative estimate of drug-likeness (QED) is 0.916. The smallest absolute Gasteiger partial charge is 0.273 e. The lowest BCUT2D eigenvalue weighted by molar-refractivity contribution is 0.0926. The van der Waals surface area contributed by atoms with E-state index in [9.17, 15) is 4.79 Å². The van der Waals surface area contributed by atoms with Crippen molar-refractivity contribution in [3.63, 3.8) is 0 Å². The highest BCUT2D eigenvalue weighted by molar-refractivity contribution is 5.92. The molecule has 2 rings (SSSR count). The number of nitrogens with one attached hydrogen (secondary N) is 1. The molecule has 0 radical (unpaired) electrons. The SMILES string of the molecule is CC[C@@H](NC(=O)c1cc(C)on1)c1ccc(C)cc1. The van der Waals surface area contributed by atoms with Crippen molar-refractivity contribution in [2.75, 3.05) is 0 Å². The summed E-state index contributed by atoms with van der Waals surface area (Å²) in [7, 11) is 0. The van der Waals surface area contributed by atoms with Crippen LogP contribution in [0.15, 0.2) is 34.9 Å². The van der Waals surface area contributed by atoms with Gasteiger partial charge in [-0.25, -0.2) is 0 Å². The number of hydrogen-bond donors (Lipinski definition) is 1. The van der Waals surface area contributed by atoms with Crippen LogP contribution in [0, 0.1) is 13.8 Å². The average molecular weight is 258 g/mol. The summed E-state index contributed by atoms with van der Waals surface area (Å²) in [6, 6.07) is 9.80. The Morgan fingerprint density at radius 2 is 2.00 bits per heavy atom. The minimum Gasteiger partial charge on any atom is -0.361 e. The molecule has 0 spiro atoms. The topological polar surface area (TPSA) is 55.1 Å². The zero-order valence-corrected chi connectivity index (χ0v) is 11.4. The average Bonchev–Trinajstić information content (AvgIpc) is 2.84. The van der Waals surface area contributed by atoms with E-state index in [1.165, 1.54) is 5.56 Å². The molecule has 0 saturated carbocycles. The van der Waals surface area contributed by atoms with E-state index in [1.807, 2.05) is 38.1 Å². The van der Waals surface area contributed by atoms with Crippen LogP contribution < -0.4 is 5.32 Å². The molecule has 1 amide bonds. The number of rotatable bonds is 4. The third-order valence-corrected chi connectivity index (χ3v) is 3.05. The summed E-state index contributed by atoms with van der Waals surface area (Å²) >= 11 is 0. The Labute approximate surface area is 112 Å². The van der Waals surface area contributed by atoms with Crippen LogP contribution in [0.25, 0.3) is 0 Å². The molecule has 1 aromatic carbocycles. The molecule has 0 aliphatic rings. The van der Waals surface area contributed by atoms with Crippen LogP contribution in [0.2, 0.25) is 0 Å². The van der Waals surface area contributed by atoms with Gasteiger partial charge in [0.15, 0.2) is 5.69 Å².